The first kappa shape index (κ1) is 22.5. The topological polar surface area (TPSA) is 21.6 Å². The largest absolute Gasteiger partial charge is 0.379 e. The maximum absolute atomic E-state index is 5.61. The molecule has 0 saturated carbocycles. The Morgan fingerprint density at radius 3 is 2.37 bits per heavy atom. The van der Waals surface area contributed by atoms with Crippen LogP contribution in [0.5, 0.6) is 0 Å². The number of fused-ring (bicyclic) bond motifs is 3. The Kier molecular flexibility index (Phi) is 7.66. The summed E-state index contributed by atoms with van der Waals surface area (Å²) in [7, 11) is 0. The summed E-state index contributed by atoms with van der Waals surface area (Å²) in [6, 6.07) is 15.5. The fraction of sp³-hybridized carbons (Fsp3) is 0.464. The zero-order valence-electron chi connectivity index (χ0n) is 19.4. The van der Waals surface area contributed by atoms with Gasteiger partial charge < -0.3 is 4.74 Å². The van der Waals surface area contributed by atoms with Crippen LogP contribution in [0.25, 0.3) is 17.2 Å². The molecule has 0 unspecified atom stereocenters. The molecule has 2 aromatic carbocycles. The van der Waals surface area contributed by atoms with Crippen molar-refractivity contribution in [3.8, 4) is 11.1 Å². The first-order chi connectivity index (χ1) is 14.3. The van der Waals surface area contributed by atoms with Crippen LogP contribution in [-0.2, 0) is 4.74 Å². The van der Waals surface area contributed by atoms with Crippen LogP contribution in [0.3, 0.4) is 0 Å². The number of allylic oxidation sites excluding steroid dienone is 1. The van der Waals surface area contributed by atoms with E-state index in [2.05, 4.69) is 89.2 Å². The maximum atomic E-state index is 5.61. The predicted octanol–water partition coefficient (Wildman–Crippen LogP) is 7.55. The van der Waals surface area contributed by atoms with Gasteiger partial charge in [0.15, 0.2) is 0 Å². The average molecular weight is 404 g/mol. The summed E-state index contributed by atoms with van der Waals surface area (Å²) in [5.41, 5.74) is 7.74. The van der Waals surface area contributed by atoms with E-state index in [4.69, 9.17) is 9.73 Å². The molecule has 160 valence electrons. The molecule has 0 aromatic heterocycles. The van der Waals surface area contributed by atoms with Crippen LogP contribution in [0.4, 0.5) is 0 Å². The smallest absolute Gasteiger partial charge is 0.0731 e. The van der Waals surface area contributed by atoms with E-state index in [1.165, 1.54) is 40.7 Å². The Bertz CT molecular complexity index is 899. The van der Waals surface area contributed by atoms with E-state index >= 15 is 0 Å². The molecule has 1 aliphatic carbocycles. The van der Waals surface area contributed by atoms with Gasteiger partial charge in [0.1, 0.15) is 0 Å². The van der Waals surface area contributed by atoms with Gasteiger partial charge >= 0.3 is 0 Å². The van der Waals surface area contributed by atoms with Gasteiger partial charge in [0.2, 0.25) is 0 Å². The van der Waals surface area contributed by atoms with Crippen molar-refractivity contribution in [3.63, 3.8) is 0 Å². The Labute approximate surface area is 183 Å². The molecule has 0 bridgehead atoms. The minimum atomic E-state index is 0.183. The zero-order valence-corrected chi connectivity index (χ0v) is 19.4. The molecule has 30 heavy (non-hydrogen) atoms. The van der Waals surface area contributed by atoms with E-state index in [0.717, 1.165) is 31.7 Å². The van der Waals surface area contributed by atoms with Crippen LogP contribution in [-0.4, -0.2) is 25.0 Å². The van der Waals surface area contributed by atoms with Gasteiger partial charge in [-0.3, -0.25) is 4.99 Å². The third kappa shape index (κ3) is 6.15. The molecule has 2 aromatic rings. The normalized spacial score (nSPS) is 14.7. The summed E-state index contributed by atoms with van der Waals surface area (Å²) in [4.78, 5) is 5.05. The Balaban J connectivity index is 1.68. The minimum absolute atomic E-state index is 0.183. The lowest BCUT2D eigenvalue weighted by atomic mass is 9.97. The van der Waals surface area contributed by atoms with Crippen molar-refractivity contribution < 1.29 is 4.74 Å². The van der Waals surface area contributed by atoms with Crippen LogP contribution in [0.15, 0.2) is 53.5 Å². The number of hydrogen-bond donors (Lipinski definition) is 0. The third-order valence-electron chi connectivity index (χ3n) is 5.26. The second kappa shape index (κ2) is 10.2. The summed E-state index contributed by atoms with van der Waals surface area (Å²) in [6.07, 6.45) is 9.61. The van der Waals surface area contributed by atoms with Crippen molar-refractivity contribution >= 4 is 11.8 Å². The van der Waals surface area contributed by atoms with Crippen molar-refractivity contribution in [3.05, 3.63) is 65.2 Å². The van der Waals surface area contributed by atoms with Gasteiger partial charge in [0, 0.05) is 24.3 Å². The lowest BCUT2D eigenvalue weighted by Crippen LogP contribution is -2.12. The highest BCUT2D eigenvalue weighted by Crippen LogP contribution is 2.38. The monoisotopic (exact) mass is 403 g/mol. The quantitative estimate of drug-likeness (QED) is 0.338. The Morgan fingerprint density at radius 2 is 1.63 bits per heavy atom. The Hall–Kier alpha value is -2.19. The van der Waals surface area contributed by atoms with Gasteiger partial charge in [-0.15, -0.1) is 0 Å². The number of ether oxygens (including phenoxy) is 1. The molecule has 0 saturated heterocycles. The van der Waals surface area contributed by atoms with Gasteiger partial charge in [-0.25, -0.2) is 0 Å². The highest BCUT2D eigenvalue weighted by atomic mass is 16.5. The molecular weight excluding hydrogens is 366 g/mol. The van der Waals surface area contributed by atoms with Crippen LogP contribution >= 0.6 is 0 Å². The lowest BCUT2D eigenvalue weighted by molar-refractivity contribution is 0.0758. The van der Waals surface area contributed by atoms with Crippen LogP contribution in [0.2, 0.25) is 0 Å². The van der Waals surface area contributed by atoms with Crippen LogP contribution in [0.1, 0.15) is 77.0 Å². The highest BCUT2D eigenvalue weighted by molar-refractivity contribution is 6.24. The number of nitrogens with zero attached hydrogens (tertiary/aromatic N) is 1. The Morgan fingerprint density at radius 1 is 0.900 bits per heavy atom. The van der Waals surface area contributed by atoms with E-state index in [-0.39, 0.29) is 5.41 Å². The summed E-state index contributed by atoms with van der Waals surface area (Å²) in [5.74, 6) is 0. The molecule has 0 N–H and O–H groups in total. The molecule has 1 aliphatic rings. The summed E-state index contributed by atoms with van der Waals surface area (Å²) in [6.45, 7) is 12.6. The van der Waals surface area contributed by atoms with Crippen molar-refractivity contribution in [2.45, 2.75) is 66.4 Å². The van der Waals surface area contributed by atoms with Crippen molar-refractivity contribution in [1.82, 2.24) is 0 Å². The molecule has 0 fully saturated rings. The summed E-state index contributed by atoms with van der Waals surface area (Å²) in [5, 5.41) is 0. The molecule has 0 spiro atoms. The highest BCUT2D eigenvalue weighted by Gasteiger charge is 2.25. The molecule has 0 radical (unpaired) electrons. The second-order valence-corrected chi connectivity index (χ2v) is 9.75. The number of rotatable bonds is 9. The third-order valence-corrected chi connectivity index (χ3v) is 5.26. The zero-order chi connectivity index (χ0) is 21.6. The number of aliphatic imine (C=N–C) groups is 1. The van der Waals surface area contributed by atoms with E-state index < -0.39 is 0 Å². The molecule has 2 nitrogen and oxygen atoms in total. The number of unbranched alkanes of at least 4 members (excludes halogenated alkanes) is 3. The fourth-order valence-corrected chi connectivity index (χ4v) is 3.73. The van der Waals surface area contributed by atoms with Crippen LogP contribution in [0, 0.1) is 5.41 Å². The second-order valence-electron chi connectivity index (χ2n) is 9.75. The van der Waals surface area contributed by atoms with E-state index in [1.54, 1.807) is 0 Å². The molecule has 0 aliphatic heterocycles. The summed E-state index contributed by atoms with van der Waals surface area (Å²) < 4.78 is 5.61. The van der Waals surface area contributed by atoms with Crippen molar-refractivity contribution in [2.24, 2.45) is 10.4 Å². The molecular formula is C28H37NO. The summed E-state index contributed by atoms with van der Waals surface area (Å²) >= 11 is 0. The first-order valence-electron chi connectivity index (χ1n) is 11.4. The van der Waals surface area contributed by atoms with E-state index in [1.807, 2.05) is 0 Å². The lowest BCUT2D eigenvalue weighted by Gasteiger charge is -2.15. The molecule has 3 rings (SSSR count). The van der Waals surface area contributed by atoms with Crippen molar-refractivity contribution in [1.29, 1.82) is 0 Å². The van der Waals surface area contributed by atoms with E-state index in [0.29, 0.717) is 6.10 Å². The predicted molar refractivity (Wildman–Crippen MR) is 130 cm³/mol. The van der Waals surface area contributed by atoms with Crippen molar-refractivity contribution in [2.75, 3.05) is 13.2 Å². The molecule has 2 heteroatoms. The van der Waals surface area contributed by atoms with Gasteiger partial charge in [-0.05, 0) is 61.3 Å². The SMILES string of the molecule is CC(C)OCCCCCC=Cc1ccc2c(c1)C(=NCC(C)(C)C)c1ccccc1-2. The number of hydrogen-bond acceptors (Lipinski definition) is 2. The van der Waals surface area contributed by atoms with Gasteiger partial charge in [-0.1, -0.05) is 75.7 Å². The average Bonchev–Trinajstić information content (AvgIpc) is 3.00. The van der Waals surface area contributed by atoms with Gasteiger partial charge in [0.25, 0.3) is 0 Å². The standard InChI is InChI=1S/C28H37NO/c1-21(2)30-18-12-8-6-7-9-13-22-16-17-24-23-14-10-11-15-25(23)27(26(24)19-22)29-20-28(3,4)5/h9-11,13-17,19,21H,6-8,12,18,20H2,1-5H3. The van der Waals surface area contributed by atoms with Gasteiger partial charge in [-0.2, -0.15) is 0 Å². The molecule has 0 amide bonds. The van der Waals surface area contributed by atoms with Crippen LogP contribution < -0.4 is 0 Å². The minimum Gasteiger partial charge on any atom is -0.379 e. The first-order valence-corrected chi connectivity index (χ1v) is 11.4. The molecule has 0 heterocycles. The fourth-order valence-electron chi connectivity index (χ4n) is 3.73. The van der Waals surface area contributed by atoms with E-state index in [9.17, 15) is 0 Å². The maximum Gasteiger partial charge on any atom is 0.0731 e. The number of benzene rings is 2. The van der Waals surface area contributed by atoms with Gasteiger partial charge in [0.05, 0.1) is 11.8 Å². The molecule has 0 atom stereocenters.